The van der Waals surface area contributed by atoms with Crippen molar-refractivity contribution in [2.45, 2.75) is 56.7 Å². The highest BCUT2D eigenvalue weighted by Gasteiger charge is 2.41. The summed E-state index contributed by atoms with van der Waals surface area (Å²) in [5.41, 5.74) is 0.420. The van der Waals surface area contributed by atoms with Gasteiger partial charge >= 0.3 is 6.18 Å². The fourth-order valence-electron chi connectivity index (χ4n) is 6.34. The molecular weight excluding hydrogens is 606 g/mol. The number of nitrogens with zero attached hydrogens (tertiary/aromatic N) is 3. The molecule has 46 heavy (non-hydrogen) atoms. The predicted octanol–water partition coefficient (Wildman–Crippen LogP) is 4.64. The van der Waals surface area contributed by atoms with Crippen molar-refractivity contribution in [1.82, 2.24) is 20.5 Å². The van der Waals surface area contributed by atoms with Crippen molar-refractivity contribution in [2.24, 2.45) is 0 Å². The number of amides is 3. The number of piperidine rings is 2. The fraction of sp³-hybridized carbons (Fsp3) is 0.394. The Morgan fingerprint density at radius 3 is 2.57 bits per heavy atom. The summed E-state index contributed by atoms with van der Waals surface area (Å²) < 4.78 is 63.4. The summed E-state index contributed by atoms with van der Waals surface area (Å²) in [7, 11) is 1.48. The van der Waals surface area contributed by atoms with Gasteiger partial charge in [0.15, 0.2) is 0 Å². The first-order valence-corrected chi connectivity index (χ1v) is 15.1. The molecule has 0 aliphatic carbocycles. The summed E-state index contributed by atoms with van der Waals surface area (Å²) >= 11 is 0. The zero-order chi connectivity index (χ0) is 32.6. The molecule has 1 aromatic heterocycles. The zero-order valence-corrected chi connectivity index (χ0v) is 25.1. The van der Waals surface area contributed by atoms with Crippen LogP contribution in [0.25, 0.3) is 11.1 Å². The largest absolute Gasteiger partial charge is 0.497 e. The number of anilines is 1. The Morgan fingerprint density at radius 2 is 1.85 bits per heavy atom. The number of aromatic nitrogens is 1. The van der Waals surface area contributed by atoms with E-state index in [0.717, 1.165) is 17.2 Å². The van der Waals surface area contributed by atoms with Gasteiger partial charge in [-0.2, -0.15) is 13.2 Å². The lowest BCUT2D eigenvalue weighted by Crippen LogP contribution is -2.52. The Balaban J connectivity index is 1.06. The van der Waals surface area contributed by atoms with E-state index in [9.17, 15) is 27.6 Å². The minimum Gasteiger partial charge on any atom is -0.497 e. The molecule has 3 amide bonds. The number of hydrogen-bond acceptors (Lipinski definition) is 7. The van der Waals surface area contributed by atoms with Gasteiger partial charge in [0.2, 0.25) is 11.8 Å². The number of alkyl halides is 4. The van der Waals surface area contributed by atoms with Gasteiger partial charge in [-0.3, -0.25) is 19.7 Å². The highest BCUT2D eigenvalue weighted by atomic mass is 19.4. The van der Waals surface area contributed by atoms with Gasteiger partial charge < -0.3 is 19.9 Å². The van der Waals surface area contributed by atoms with Crippen LogP contribution in [0.3, 0.4) is 0 Å². The maximum Gasteiger partial charge on any atom is 0.419 e. The molecule has 3 aliphatic heterocycles. The van der Waals surface area contributed by atoms with E-state index in [1.807, 2.05) is 6.07 Å². The predicted molar refractivity (Wildman–Crippen MR) is 161 cm³/mol. The fourth-order valence-corrected chi connectivity index (χ4v) is 6.34. The molecule has 0 bridgehead atoms. The van der Waals surface area contributed by atoms with E-state index in [2.05, 4.69) is 15.6 Å². The Morgan fingerprint density at radius 1 is 1.07 bits per heavy atom. The molecule has 2 aromatic carbocycles. The third-order valence-electron chi connectivity index (χ3n) is 8.89. The summed E-state index contributed by atoms with van der Waals surface area (Å²) in [6, 6.07) is 12.4. The normalized spacial score (nSPS) is 19.7. The van der Waals surface area contributed by atoms with Crippen LogP contribution < -0.4 is 20.3 Å². The molecule has 2 saturated heterocycles. The summed E-state index contributed by atoms with van der Waals surface area (Å²) in [4.78, 5) is 43.9. The SMILES string of the molecule is COc1cccc(-c2cnc(N3CCC(F)(CNCc4ccc5c(c4)CN(C4CCC(=O)NC4=O)C5=O)CC3)c(C(F)(F)F)c2)c1. The van der Waals surface area contributed by atoms with Gasteiger partial charge in [0.1, 0.15) is 23.3 Å². The molecule has 1 atom stereocenters. The number of carbonyl (C=O) groups excluding carboxylic acids is 3. The second kappa shape index (κ2) is 12.3. The first-order chi connectivity index (χ1) is 21.9. The van der Waals surface area contributed by atoms with Gasteiger partial charge in [-0.1, -0.05) is 24.3 Å². The van der Waals surface area contributed by atoms with Crippen molar-refractivity contribution in [3.8, 4) is 16.9 Å². The standard InChI is InChI=1S/C33H33F4N5O4/c1-46-24-4-2-3-21(14-24)22-15-26(33(35,36)37)29(39-17-22)41-11-9-32(34,10-12-41)19-38-16-20-5-6-25-23(13-20)18-42(31(25)45)27-7-8-28(43)40-30(27)44/h2-6,13-15,17,27,38H,7-12,16,18-19H2,1H3,(H,40,43,44). The second-order valence-electron chi connectivity index (χ2n) is 12.0. The molecule has 2 fully saturated rings. The number of hydrogen-bond donors (Lipinski definition) is 2. The van der Waals surface area contributed by atoms with Crippen molar-refractivity contribution in [3.63, 3.8) is 0 Å². The quantitative estimate of drug-likeness (QED) is 0.274. The highest BCUT2D eigenvalue weighted by Crippen LogP contribution is 2.40. The molecular formula is C33H33F4N5O4. The Kier molecular flexibility index (Phi) is 8.45. The molecule has 0 saturated carbocycles. The van der Waals surface area contributed by atoms with Gasteiger partial charge in [0, 0.05) is 69.3 Å². The number of imide groups is 1. The van der Waals surface area contributed by atoms with Crippen LogP contribution in [0.15, 0.2) is 54.7 Å². The number of methoxy groups -OCH3 is 1. The second-order valence-corrected chi connectivity index (χ2v) is 12.0. The van der Waals surface area contributed by atoms with Crippen LogP contribution in [0, 0.1) is 0 Å². The number of fused-ring (bicyclic) bond motifs is 1. The molecule has 4 heterocycles. The lowest BCUT2D eigenvalue weighted by Gasteiger charge is -2.38. The van der Waals surface area contributed by atoms with Crippen molar-refractivity contribution >= 4 is 23.5 Å². The number of rotatable bonds is 8. The molecule has 3 aromatic rings. The van der Waals surface area contributed by atoms with E-state index in [-0.39, 0.29) is 69.5 Å². The van der Waals surface area contributed by atoms with Gasteiger partial charge in [-0.15, -0.1) is 0 Å². The Bertz CT molecular complexity index is 1670. The lowest BCUT2D eigenvalue weighted by molar-refractivity contribution is -0.138. The van der Waals surface area contributed by atoms with Crippen molar-refractivity contribution in [2.75, 3.05) is 31.6 Å². The average Bonchev–Trinajstić information content (AvgIpc) is 3.35. The molecule has 2 N–H and O–H groups in total. The number of nitrogens with one attached hydrogen (secondary N) is 2. The maximum atomic E-state index is 15.8. The van der Waals surface area contributed by atoms with Crippen LogP contribution in [0.2, 0.25) is 0 Å². The van der Waals surface area contributed by atoms with E-state index >= 15 is 4.39 Å². The highest BCUT2D eigenvalue weighted by molar-refractivity contribution is 6.05. The number of ether oxygens (including phenoxy) is 1. The molecule has 9 nitrogen and oxygen atoms in total. The van der Waals surface area contributed by atoms with Crippen molar-refractivity contribution < 1.29 is 36.7 Å². The Hall–Kier alpha value is -4.52. The van der Waals surface area contributed by atoms with Crippen LogP contribution in [0.4, 0.5) is 23.4 Å². The first-order valence-electron chi connectivity index (χ1n) is 15.1. The number of carbonyl (C=O) groups is 3. The molecule has 13 heteroatoms. The van der Waals surface area contributed by atoms with Crippen molar-refractivity contribution in [1.29, 1.82) is 0 Å². The molecule has 242 valence electrons. The Labute approximate surface area is 262 Å². The summed E-state index contributed by atoms with van der Waals surface area (Å²) in [6.07, 6.45) is -2.76. The number of halogens is 4. The number of benzene rings is 2. The zero-order valence-electron chi connectivity index (χ0n) is 25.1. The van der Waals surface area contributed by atoms with Gasteiger partial charge in [-0.25, -0.2) is 9.37 Å². The van der Waals surface area contributed by atoms with Gasteiger partial charge in [-0.05, 0) is 47.4 Å². The van der Waals surface area contributed by atoms with Crippen LogP contribution in [-0.2, 0) is 28.9 Å². The monoisotopic (exact) mass is 639 g/mol. The number of pyridine rings is 1. The third kappa shape index (κ3) is 6.41. The van der Waals surface area contributed by atoms with Crippen LogP contribution in [0.5, 0.6) is 5.75 Å². The molecule has 1 unspecified atom stereocenters. The van der Waals surface area contributed by atoms with Gasteiger partial charge in [0.25, 0.3) is 5.91 Å². The third-order valence-corrected chi connectivity index (χ3v) is 8.89. The van der Waals surface area contributed by atoms with Crippen LogP contribution in [0.1, 0.15) is 52.7 Å². The van der Waals surface area contributed by atoms with E-state index in [1.165, 1.54) is 23.1 Å². The molecule has 3 aliphatic rings. The van der Waals surface area contributed by atoms with Gasteiger partial charge in [0.05, 0.1) is 12.7 Å². The summed E-state index contributed by atoms with van der Waals surface area (Å²) in [6.45, 7) is 0.716. The molecule has 0 spiro atoms. The van der Waals surface area contributed by atoms with E-state index in [0.29, 0.717) is 29.0 Å². The smallest absolute Gasteiger partial charge is 0.419 e. The van der Waals surface area contributed by atoms with E-state index < -0.39 is 29.4 Å². The van der Waals surface area contributed by atoms with E-state index in [1.54, 1.807) is 36.4 Å². The minimum absolute atomic E-state index is 0.00753. The van der Waals surface area contributed by atoms with Crippen LogP contribution in [-0.4, -0.2) is 66.1 Å². The van der Waals surface area contributed by atoms with Crippen LogP contribution >= 0.6 is 0 Å². The first kappa shape index (κ1) is 31.5. The topological polar surface area (TPSA) is 104 Å². The summed E-state index contributed by atoms with van der Waals surface area (Å²) in [5, 5.41) is 5.41. The summed E-state index contributed by atoms with van der Waals surface area (Å²) in [5.74, 6) is -0.794. The average molecular weight is 640 g/mol. The minimum atomic E-state index is -4.65. The van der Waals surface area contributed by atoms with Crippen molar-refractivity contribution in [3.05, 3.63) is 77.0 Å². The maximum absolute atomic E-state index is 15.8. The molecule has 6 rings (SSSR count). The molecule has 0 radical (unpaired) electrons. The van der Waals surface area contributed by atoms with E-state index in [4.69, 9.17) is 4.74 Å². The lowest BCUT2D eigenvalue weighted by atomic mass is 9.92.